The third-order valence-electron chi connectivity index (χ3n) is 13.8. The van der Waals surface area contributed by atoms with Crippen LogP contribution in [-0.2, 0) is 72.2 Å². The topological polar surface area (TPSA) is 165 Å². The number of rotatable bonds is 49. The number of alkyl halides is 5. The van der Waals surface area contributed by atoms with Gasteiger partial charge in [0, 0.05) is 59.8 Å². The Morgan fingerprint density at radius 3 is 1.46 bits per heavy atom. The number of nitrogens with one attached hydrogen (secondary N) is 1. The highest BCUT2D eigenvalue weighted by Gasteiger charge is 2.56. The highest BCUT2D eigenvalue weighted by Crippen LogP contribution is 2.39. The van der Waals surface area contributed by atoms with Crippen molar-refractivity contribution in [3.05, 3.63) is 34.9 Å². The van der Waals surface area contributed by atoms with Crippen molar-refractivity contribution in [1.29, 1.82) is 0 Å². The van der Waals surface area contributed by atoms with Crippen LogP contribution in [-0.4, -0.2) is 105 Å². The molecule has 0 saturated carbocycles. The maximum atomic E-state index is 13.2. The van der Waals surface area contributed by atoms with Gasteiger partial charge in [0.05, 0.1) is 13.0 Å². The number of unbranched alkanes of at least 4 members (excludes halogenated alkanes) is 17. The monoisotopic (exact) mass is 1140 g/mol. The number of amides is 1. The molecule has 79 heavy (non-hydrogen) atoms. The molecule has 14 nitrogen and oxygen atoms in total. The largest absolute Gasteiger partial charge is 0.466 e. The predicted octanol–water partition coefficient (Wildman–Crippen LogP) is 15.1. The molecular formula is C60H101F5N2O12. The fourth-order valence-corrected chi connectivity index (χ4v) is 9.04. The molecule has 1 aliphatic heterocycles. The summed E-state index contributed by atoms with van der Waals surface area (Å²) in [6.07, 6.45) is 14.0. The predicted molar refractivity (Wildman–Crippen MR) is 295 cm³/mol. The number of alkyl carbamates (subject to hydrolysis) is 1. The lowest BCUT2D eigenvalue weighted by Gasteiger charge is -2.19. The highest BCUT2D eigenvalue weighted by atomic mass is 19.4. The fraction of sp³-hybridized carbons (Fsp3) is 0.817. The van der Waals surface area contributed by atoms with Crippen molar-refractivity contribution in [2.45, 2.75) is 271 Å². The van der Waals surface area contributed by atoms with Gasteiger partial charge in [-0.3, -0.25) is 19.2 Å². The lowest BCUT2D eigenvalue weighted by atomic mass is 10.1. The van der Waals surface area contributed by atoms with Crippen LogP contribution < -0.4 is 5.32 Å². The molecule has 1 unspecified atom stereocenters. The molecule has 458 valence electrons. The Kier molecular flexibility index (Phi) is 40.0. The number of likely N-dealkylation sites (tertiary alicyclic amines) is 1. The van der Waals surface area contributed by atoms with Crippen LogP contribution in [0.1, 0.15) is 244 Å². The maximum absolute atomic E-state index is 13.2. The molecule has 1 aliphatic rings. The number of hydrogen-bond acceptors (Lipinski definition) is 13. The Labute approximate surface area is 470 Å². The van der Waals surface area contributed by atoms with Gasteiger partial charge in [0.25, 0.3) is 0 Å². The molecule has 2 rings (SSSR count). The molecule has 1 amide bonds. The quantitative estimate of drug-likeness (QED) is 0.0216. The number of carbonyl (C=O) groups is 5. The molecule has 1 fully saturated rings. The zero-order valence-electron chi connectivity index (χ0n) is 48.3. The summed E-state index contributed by atoms with van der Waals surface area (Å²) in [7, 11) is 0. The van der Waals surface area contributed by atoms with Crippen molar-refractivity contribution in [2.24, 2.45) is 0 Å². The molecule has 0 radical (unpaired) electrons. The van der Waals surface area contributed by atoms with E-state index in [-0.39, 0.29) is 66.4 Å². The molecule has 0 spiro atoms. The summed E-state index contributed by atoms with van der Waals surface area (Å²) < 4.78 is 103. The molecule has 0 bridgehead atoms. The first-order valence-electron chi connectivity index (χ1n) is 30.1. The minimum absolute atomic E-state index is 0. The van der Waals surface area contributed by atoms with E-state index in [0.717, 1.165) is 96.7 Å². The van der Waals surface area contributed by atoms with Gasteiger partial charge >= 0.3 is 42.1 Å². The average molecular weight is 1140 g/mol. The molecule has 1 saturated heterocycles. The van der Waals surface area contributed by atoms with Gasteiger partial charge in [-0.1, -0.05) is 117 Å². The van der Waals surface area contributed by atoms with Crippen LogP contribution in [0.25, 0.3) is 0 Å². The zero-order valence-corrected chi connectivity index (χ0v) is 48.3. The number of hydrogen-bond donors (Lipinski definition) is 1. The van der Waals surface area contributed by atoms with Crippen molar-refractivity contribution in [3.63, 3.8) is 0 Å². The third kappa shape index (κ3) is 37.5. The maximum Gasteiger partial charge on any atom is 0.453 e. The van der Waals surface area contributed by atoms with E-state index in [9.17, 15) is 45.9 Å². The summed E-state index contributed by atoms with van der Waals surface area (Å²) in [4.78, 5) is 66.5. The lowest BCUT2D eigenvalue weighted by Crippen LogP contribution is -2.36. The van der Waals surface area contributed by atoms with Gasteiger partial charge in [-0.05, 0) is 119 Å². The summed E-state index contributed by atoms with van der Waals surface area (Å²) in [5.74, 6) is -6.68. The normalized spacial score (nSPS) is 13.4. The molecule has 19 heteroatoms. The summed E-state index contributed by atoms with van der Waals surface area (Å²) in [6, 6.07) is 5.23. The van der Waals surface area contributed by atoms with E-state index in [2.05, 4.69) is 31.0 Å². The van der Waals surface area contributed by atoms with Crippen LogP contribution in [0.4, 0.5) is 26.7 Å². The van der Waals surface area contributed by atoms with Crippen molar-refractivity contribution in [3.8, 4) is 0 Å². The average Bonchev–Trinajstić information content (AvgIpc) is 3.94. The first-order chi connectivity index (χ1) is 38.0. The van der Waals surface area contributed by atoms with E-state index in [1.165, 1.54) is 38.5 Å². The number of ether oxygens (including phenoxy) is 7. The molecule has 0 aliphatic carbocycles. The second-order valence-electron chi connectivity index (χ2n) is 21.1. The smallest absolute Gasteiger partial charge is 0.453 e. The Bertz CT molecular complexity index is 1770. The molecule has 1 heterocycles. The van der Waals surface area contributed by atoms with Gasteiger partial charge in [0.15, 0.2) is 6.29 Å². The van der Waals surface area contributed by atoms with Crippen LogP contribution in [0.15, 0.2) is 18.2 Å². The Morgan fingerprint density at radius 2 is 0.949 bits per heavy atom. The number of carbonyl (C=O) groups excluding carboxylic acids is 5. The molecule has 1 aromatic rings. The summed E-state index contributed by atoms with van der Waals surface area (Å²) >= 11 is 0. The van der Waals surface area contributed by atoms with Crippen molar-refractivity contribution in [2.75, 3.05) is 46.0 Å². The number of nitrogens with zero attached hydrogens (tertiary/aromatic N) is 1. The van der Waals surface area contributed by atoms with E-state index in [4.69, 9.17) is 33.2 Å². The molecule has 1 aromatic carbocycles. The SMILES string of the molecule is CCCCCCCCOC(CCC(=O)OCc1cc(COC(=O)CCCCC(=O)OCCCCCCC(F)(F)C(F)(F)F)cc(COC(=O)CCC(CCCCCC)OC(=O)NCCN2CCCC2)c1)OCCCCCCCC.[HH]. The van der Waals surface area contributed by atoms with Crippen molar-refractivity contribution < 1.29 is 80.5 Å². The standard InChI is InChI=1S/C60H99F5N2O12.H2/c1-4-7-10-13-16-26-41-74-57(75-42-27-17-14-11-8-5-2)34-33-56(71)78-48-51-44-49(46-76-54(69)30-21-20-29-53(68)73-40-25-18-15-22-35-59(61,62)60(63,64)65)43-50(45-51)47-77-55(70)32-31-52(28-19-12-9-6-3)79-58(72)66-36-39-67-37-23-24-38-67;/h43-45,52,57H,4-42,46-48H2,1-3H3,(H,66,72);1H. The van der Waals surface area contributed by atoms with E-state index in [1.807, 2.05) is 0 Å². The third-order valence-corrected chi connectivity index (χ3v) is 13.8. The van der Waals surface area contributed by atoms with Crippen LogP contribution in [0, 0.1) is 0 Å². The van der Waals surface area contributed by atoms with Gasteiger partial charge in [-0.25, -0.2) is 4.79 Å². The fourth-order valence-electron chi connectivity index (χ4n) is 9.04. The first kappa shape index (κ1) is 71.0. The number of esters is 4. The highest BCUT2D eigenvalue weighted by molar-refractivity contribution is 5.71. The second kappa shape index (κ2) is 44.5. The van der Waals surface area contributed by atoms with Gasteiger partial charge < -0.3 is 43.4 Å². The van der Waals surface area contributed by atoms with Crippen LogP contribution >= 0.6 is 0 Å². The Morgan fingerprint density at radius 1 is 0.519 bits per heavy atom. The minimum Gasteiger partial charge on any atom is -0.466 e. The van der Waals surface area contributed by atoms with E-state index in [1.54, 1.807) is 18.2 Å². The number of benzene rings is 1. The molecular weight excluding hydrogens is 1040 g/mol. The molecule has 1 atom stereocenters. The molecule has 0 aromatic heterocycles. The first-order valence-corrected chi connectivity index (χ1v) is 30.1. The van der Waals surface area contributed by atoms with E-state index in [0.29, 0.717) is 81.4 Å². The summed E-state index contributed by atoms with van der Waals surface area (Å²) in [6.45, 7) is 10.5. The van der Waals surface area contributed by atoms with Crippen LogP contribution in [0.5, 0.6) is 0 Å². The van der Waals surface area contributed by atoms with E-state index >= 15 is 0 Å². The lowest BCUT2D eigenvalue weighted by molar-refractivity contribution is -0.284. The van der Waals surface area contributed by atoms with Crippen molar-refractivity contribution in [1.82, 2.24) is 10.2 Å². The zero-order chi connectivity index (χ0) is 57.8. The number of halogens is 5. The van der Waals surface area contributed by atoms with E-state index < -0.39 is 60.9 Å². The summed E-state index contributed by atoms with van der Waals surface area (Å²) in [5.41, 5.74) is 1.72. The minimum atomic E-state index is -5.57. The van der Waals surface area contributed by atoms with Crippen LogP contribution in [0.2, 0.25) is 0 Å². The molecule has 1 N–H and O–H groups in total. The van der Waals surface area contributed by atoms with Crippen LogP contribution in [0.3, 0.4) is 0 Å². The Balaban J connectivity index is 0.0000320. The van der Waals surface area contributed by atoms with Crippen molar-refractivity contribution >= 4 is 30.0 Å². The van der Waals surface area contributed by atoms with Gasteiger partial charge in [-0.15, -0.1) is 0 Å². The summed E-state index contributed by atoms with van der Waals surface area (Å²) in [5, 5.41) is 2.85. The van der Waals surface area contributed by atoms with Gasteiger partial charge in [0.2, 0.25) is 0 Å². The Hall–Kier alpha value is -4.10. The van der Waals surface area contributed by atoms with Gasteiger partial charge in [-0.2, -0.15) is 22.0 Å². The second-order valence-corrected chi connectivity index (χ2v) is 21.1. The van der Waals surface area contributed by atoms with Gasteiger partial charge in [0.1, 0.15) is 25.9 Å².